The van der Waals surface area contributed by atoms with Gasteiger partial charge in [-0.2, -0.15) is 0 Å². The molecule has 132 valence electrons. The van der Waals surface area contributed by atoms with Crippen LogP contribution in [0.2, 0.25) is 0 Å². The Bertz CT molecular complexity index is 544. The van der Waals surface area contributed by atoms with Crippen molar-refractivity contribution in [1.82, 2.24) is 20.2 Å². The number of rotatable bonds is 5. The molecular weight excluding hydrogens is 302 g/mol. The first-order valence-electron chi connectivity index (χ1n) is 9.27. The van der Waals surface area contributed by atoms with E-state index in [1.165, 1.54) is 32.4 Å². The zero-order valence-electron chi connectivity index (χ0n) is 14.7. The molecule has 2 saturated heterocycles. The normalized spacial score (nSPS) is 22.4. The molecule has 6 heteroatoms. The number of nitrogens with one attached hydrogen (secondary N) is 1. The summed E-state index contributed by atoms with van der Waals surface area (Å²) in [6, 6.07) is 1.90. The third-order valence-electron chi connectivity index (χ3n) is 5.03. The first-order chi connectivity index (χ1) is 11.7. The van der Waals surface area contributed by atoms with Crippen LogP contribution in [0.1, 0.15) is 37.8 Å². The second-order valence-corrected chi connectivity index (χ2v) is 6.98. The topological polar surface area (TPSA) is 61.4 Å². The molecule has 2 fully saturated rings. The molecule has 1 N–H and O–H groups in total. The maximum absolute atomic E-state index is 12.5. The molecule has 1 aromatic rings. The molecule has 0 bridgehead atoms. The second kappa shape index (κ2) is 8.42. The van der Waals surface area contributed by atoms with E-state index < -0.39 is 0 Å². The van der Waals surface area contributed by atoms with Gasteiger partial charge in [0.15, 0.2) is 0 Å². The predicted octanol–water partition coefficient (Wildman–Crippen LogP) is 1.60. The number of carbonyl (C=O) groups is 1. The summed E-state index contributed by atoms with van der Waals surface area (Å²) >= 11 is 0. The summed E-state index contributed by atoms with van der Waals surface area (Å²) in [6.45, 7) is 7.72. The average molecular weight is 331 g/mol. The highest BCUT2D eigenvalue weighted by Crippen LogP contribution is 2.20. The van der Waals surface area contributed by atoms with Crippen LogP contribution in [0, 0.1) is 12.8 Å². The lowest BCUT2D eigenvalue weighted by Gasteiger charge is -2.32. The number of aryl methyl sites for hydroxylation is 1. The van der Waals surface area contributed by atoms with Gasteiger partial charge >= 0.3 is 0 Å². The van der Waals surface area contributed by atoms with E-state index in [0.29, 0.717) is 0 Å². The lowest BCUT2D eigenvalue weighted by molar-refractivity contribution is -0.125. The van der Waals surface area contributed by atoms with E-state index in [1.54, 1.807) is 6.20 Å². The molecule has 1 aromatic heterocycles. The second-order valence-electron chi connectivity index (χ2n) is 6.98. The molecule has 0 aliphatic carbocycles. The van der Waals surface area contributed by atoms with E-state index in [-0.39, 0.29) is 11.8 Å². The van der Waals surface area contributed by atoms with Gasteiger partial charge in [-0.3, -0.25) is 4.79 Å². The van der Waals surface area contributed by atoms with Gasteiger partial charge in [0.05, 0.1) is 5.92 Å². The van der Waals surface area contributed by atoms with Crippen molar-refractivity contribution in [1.29, 1.82) is 0 Å². The van der Waals surface area contributed by atoms with Gasteiger partial charge in [-0.15, -0.1) is 0 Å². The smallest absolute Gasteiger partial charge is 0.225 e. The number of carbonyl (C=O) groups excluding carboxylic acids is 1. The van der Waals surface area contributed by atoms with Crippen LogP contribution in [-0.2, 0) is 4.79 Å². The largest absolute Gasteiger partial charge is 0.355 e. The Labute approximate surface area is 144 Å². The van der Waals surface area contributed by atoms with Crippen molar-refractivity contribution >= 4 is 11.9 Å². The molecule has 2 aliphatic heterocycles. The van der Waals surface area contributed by atoms with Gasteiger partial charge in [0.2, 0.25) is 11.9 Å². The van der Waals surface area contributed by atoms with Crippen LogP contribution < -0.4 is 10.2 Å². The summed E-state index contributed by atoms with van der Waals surface area (Å²) in [5.74, 6) is 0.981. The van der Waals surface area contributed by atoms with Crippen molar-refractivity contribution in [3.63, 3.8) is 0 Å². The number of amides is 1. The van der Waals surface area contributed by atoms with E-state index in [0.717, 1.165) is 50.7 Å². The van der Waals surface area contributed by atoms with Gasteiger partial charge in [0.1, 0.15) is 0 Å². The Kier molecular flexibility index (Phi) is 6.01. The van der Waals surface area contributed by atoms with E-state index in [1.807, 2.05) is 13.0 Å². The van der Waals surface area contributed by atoms with Crippen molar-refractivity contribution in [3.05, 3.63) is 18.0 Å². The minimum absolute atomic E-state index is 0.0456. The Morgan fingerprint density at radius 1 is 1.25 bits per heavy atom. The molecule has 0 saturated carbocycles. The molecular formula is C18H29N5O. The Balaban J connectivity index is 1.46. The number of hydrogen-bond donors (Lipinski definition) is 1. The number of piperidine rings is 2. The van der Waals surface area contributed by atoms with Crippen molar-refractivity contribution in [2.75, 3.05) is 44.2 Å². The quantitative estimate of drug-likeness (QED) is 0.888. The van der Waals surface area contributed by atoms with E-state index >= 15 is 0 Å². The van der Waals surface area contributed by atoms with Gasteiger partial charge in [0.25, 0.3) is 0 Å². The Hall–Kier alpha value is -1.69. The highest BCUT2D eigenvalue weighted by Gasteiger charge is 2.27. The molecule has 24 heavy (non-hydrogen) atoms. The molecule has 3 rings (SSSR count). The summed E-state index contributed by atoms with van der Waals surface area (Å²) in [4.78, 5) is 25.9. The maximum Gasteiger partial charge on any atom is 0.225 e. The third-order valence-corrected chi connectivity index (χ3v) is 5.03. The van der Waals surface area contributed by atoms with Crippen LogP contribution >= 0.6 is 0 Å². The SMILES string of the molecule is Cc1ccnc(N2CCCC(C(=O)NCCN3CCCCC3)C2)n1. The number of nitrogens with zero attached hydrogens (tertiary/aromatic N) is 4. The van der Waals surface area contributed by atoms with Crippen LogP contribution in [0.4, 0.5) is 5.95 Å². The molecule has 3 heterocycles. The first kappa shape index (κ1) is 17.1. The van der Waals surface area contributed by atoms with E-state index in [9.17, 15) is 4.79 Å². The van der Waals surface area contributed by atoms with Crippen LogP contribution in [0.5, 0.6) is 0 Å². The van der Waals surface area contributed by atoms with E-state index in [2.05, 4.69) is 25.1 Å². The summed E-state index contributed by atoms with van der Waals surface area (Å²) in [6.07, 6.45) is 7.70. The predicted molar refractivity (Wildman–Crippen MR) is 95.0 cm³/mol. The number of anilines is 1. The molecule has 0 spiro atoms. The molecule has 2 aliphatic rings. The fourth-order valence-corrected chi connectivity index (χ4v) is 3.63. The van der Waals surface area contributed by atoms with Gasteiger partial charge < -0.3 is 15.1 Å². The highest BCUT2D eigenvalue weighted by atomic mass is 16.1. The standard InChI is InChI=1S/C18H29N5O/c1-15-7-8-20-18(21-15)23-12-5-6-16(14-23)17(24)19-9-13-22-10-3-2-4-11-22/h7-8,16H,2-6,9-14H2,1H3,(H,19,24). The molecule has 0 aromatic carbocycles. The molecule has 1 atom stereocenters. The van der Waals surface area contributed by atoms with Gasteiger partial charge in [0, 0.05) is 38.1 Å². The minimum Gasteiger partial charge on any atom is -0.355 e. The van der Waals surface area contributed by atoms with Crippen LogP contribution in [0.15, 0.2) is 12.3 Å². The lowest BCUT2D eigenvalue weighted by atomic mass is 9.97. The van der Waals surface area contributed by atoms with Gasteiger partial charge in [-0.25, -0.2) is 9.97 Å². The van der Waals surface area contributed by atoms with Crippen LogP contribution in [0.3, 0.4) is 0 Å². The fraction of sp³-hybridized carbons (Fsp3) is 0.722. The number of aromatic nitrogens is 2. The number of likely N-dealkylation sites (tertiary alicyclic amines) is 1. The monoisotopic (exact) mass is 331 g/mol. The van der Waals surface area contributed by atoms with Crippen molar-refractivity contribution in [3.8, 4) is 0 Å². The zero-order valence-corrected chi connectivity index (χ0v) is 14.7. The first-order valence-corrected chi connectivity index (χ1v) is 9.27. The summed E-state index contributed by atoms with van der Waals surface area (Å²) in [5, 5.41) is 3.13. The van der Waals surface area contributed by atoms with E-state index in [4.69, 9.17) is 0 Å². The number of hydrogen-bond acceptors (Lipinski definition) is 5. The molecule has 0 radical (unpaired) electrons. The summed E-state index contributed by atoms with van der Waals surface area (Å²) in [5.41, 5.74) is 0.966. The van der Waals surface area contributed by atoms with Crippen molar-refractivity contribution in [2.24, 2.45) is 5.92 Å². The summed E-state index contributed by atoms with van der Waals surface area (Å²) in [7, 11) is 0. The van der Waals surface area contributed by atoms with Crippen molar-refractivity contribution < 1.29 is 4.79 Å². The summed E-state index contributed by atoms with van der Waals surface area (Å²) < 4.78 is 0. The molecule has 1 amide bonds. The molecule has 6 nitrogen and oxygen atoms in total. The van der Waals surface area contributed by atoms with Crippen LogP contribution in [0.25, 0.3) is 0 Å². The Morgan fingerprint density at radius 3 is 2.88 bits per heavy atom. The maximum atomic E-state index is 12.5. The highest BCUT2D eigenvalue weighted by molar-refractivity contribution is 5.79. The fourth-order valence-electron chi connectivity index (χ4n) is 3.63. The lowest BCUT2D eigenvalue weighted by Crippen LogP contribution is -2.45. The van der Waals surface area contributed by atoms with Gasteiger partial charge in [-0.05, 0) is 51.8 Å². The Morgan fingerprint density at radius 2 is 2.08 bits per heavy atom. The van der Waals surface area contributed by atoms with Gasteiger partial charge in [-0.1, -0.05) is 6.42 Å². The van der Waals surface area contributed by atoms with Crippen molar-refractivity contribution in [2.45, 2.75) is 39.0 Å². The third kappa shape index (κ3) is 4.66. The average Bonchev–Trinajstić information content (AvgIpc) is 2.63. The van der Waals surface area contributed by atoms with Crippen LogP contribution in [-0.4, -0.2) is 60.0 Å². The minimum atomic E-state index is 0.0456. The zero-order chi connectivity index (χ0) is 16.8. The molecule has 1 unspecified atom stereocenters.